The fourth-order valence-electron chi connectivity index (χ4n) is 5.96. The van der Waals surface area contributed by atoms with Gasteiger partial charge in [0.05, 0.1) is 16.1 Å². The van der Waals surface area contributed by atoms with Gasteiger partial charge in [-0.05, 0) is 86.8 Å². The summed E-state index contributed by atoms with van der Waals surface area (Å²) in [5, 5.41) is 13.6. The van der Waals surface area contributed by atoms with E-state index in [-0.39, 0.29) is 24.7 Å². The summed E-state index contributed by atoms with van der Waals surface area (Å²) in [6, 6.07) is 19.1. The molecule has 2 aliphatic heterocycles. The zero-order chi connectivity index (χ0) is 34.2. The number of ether oxygens (including phenoxy) is 4. The number of anilines is 1. The van der Waals surface area contributed by atoms with Gasteiger partial charge in [-0.15, -0.1) is 23.1 Å². The Kier molecular flexibility index (Phi) is 9.40. The van der Waals surface area contributed by atoms with Crippen molar-refractivity contribution in [2.75, 3.05) is 45.3 Å². The average Bonchev–Trinajstić information content (AvgIpc) is 3.91. The Morgan fingerprint density at radius 1 is 0.918 bits per heavy atom. The van der Waals surface area contributed by atoms with Crippen LogP contribution in [-0.2, 0) is 20.4 Å². The fourth-order valence-corrected chi connectivity index (χ4v) is 8.75. The minimum atomic E-state index is -0.749. The lowest BCUT2D eigenvalue weighted by Gasteiger charge is -2.18. The molecule has 2 N–H and O–H groups in total. The monoisotopic (exact) mass is 721 g/mol. The molecule has 1 unspecified atom stereocenters. The molecule has 3 heterocycles. The van der Waals surface area contributed by atoms with Gasteiger partial charge in [0.1, 0.15) is 0 Å². The number of carbonyl (C=O) groups excluding carboxylic acids is 1. The lowest BCUT2D eigenvalue weighted by molar-refractivity contribution is -0.140. The minimum Gasteiger partial charge on any atom is -0.481 e. The normalized spacial score (nSPS) is 17.6. The third-order valence-corrected chi connectivity index (χ3v) is 11.9. The van der Waals surface area contributed by atoms with Crippen LogP contribution in [0.15, 0.2) is 66.9 Å². The van der Waals surface area contributed by atoms with Gasteiger partial charge < -0.3 is 34.3 Å². The Hall–Kier alpha value is -3.97. The molecule has 8 rings (SSSR count). The van der Waals surface area contributed by atoms with Crippen LogP contribution in [0.2, 0.25) is 5.02 Å². The highest BCUT2D eigenvalue weighted by atomic mass is 35.5. The molecule has 2 fully saturated rings. The standard InChI is InChI=1S/C25H26ClN3O3S2.C11H10O4/c1-29(2)11-12-33-22(17-5-3-4-6-18(17)26)21-14-27-24(34-21)28-23(30)25(9-10-25)16-7-8-19-20(13-16)32-15-31-19;12-10(13)11(3-4-11)7-1-2-8-9(5-7)15-6-14-8/h3-8,13-14,22H,9-12,15H2,1-2H3,(H,27,28,30);1-2,5H,3-4,6H2,(H,12,13). The van der Waals surface area contributed by atoms with E-state index < -0.39 is 16.8 Å². The van der Waals surface area contributed by atoms with E-state index in [0.29, 0.717) is 35.2 Å². The van der Waals surface area contributed by atoms with Crippen LogP contribution in [0.1, 0.15) is 52.5 Å². The van der Waals surface area contributed by atoms with Crippen molar-refractivity contribution < 1.29 is 33.6 Å². The van der Waals surface area contributed by atoms with Crippen LogP contribution in [0, 0.1) is 0 Å². The highest BCUT2D eigenvalue weighted by Crippen LogP contribution is 2.52. The summed E-state index contributed by atoms with van der Waals surface area (Å²) < 4.78 is 21.3. The number of nitrogens with zero attached hydrogens (tertiary/aromatic N) is 2. The molecule has 2 aliphatic carbocycles. The van der Waals surface area contributed by atoms with E-state index in [2.05, 4.69) is 35.4 Å². The molecular formula is C36H36ClN3O7S2. The third-order valence-electron chi connectivity index (χ3n) is 9.21. The van der Waals surface area contributed by atoms with Gasteiger partial charge in [0.25, 0.3) is 0 Å². The van der Waals surface area contributed by atoms with Crippen molar-refractivity contribution in [3.05, 3.63) is 93.5 Å². The molecule has 0 bridgehead atoms. The van der Waals surface area contributed by atoms with Crippen molar-refractivity contribution in [1.82, 2.24) is 9.88 Å². The Morgan fingerprint density at radius 2 is 1.51 bits per heavy atom. The van der Waals surface area contributed by atoms with Gasteiger partial charge in [0.2, 0.25) is 19.5 Å². The Labute approximate surface area is 297 Å². The Morgan fingerprint density at radius 3 is 2.08 bits per heavy atom. The van der Waals surface area contributed by atoms with Crippen LogP contribution in [-0.4, -0.2) is 66.8 Å². The van der Waals surface area contributed by atoms with E-state index in [1.165, 1.54) is 11.3 Å². The molecule has 1 aromatic heterocycles. The number of carboxylic acids is 1. The smallest absolute Gasteiger partial charge is 0.314 e. The summed E-state index contributed by atoms with van der Waals surface area (Å²) in [7, 11) is 4.14. The van der Waals surface area contributed by atoms with Crippen LogP contribution in [0.3, 0.4) is 0 Å². The SMILES string of the molecule is CN(C)CCSC(c1cnc(NC(=O)C2(c3ccc4c(c3)OCO4)CC2)s1)c1ccccc1Cl.O=C(O)C1(c2ccc3c(c2)OCO3)CC1. The number of amides is 1. The molecule has 4 aromatic rings. The molecule has 256 valence electrons. The molecule has 0 saturated heterocycles. The van der Waals surface area contributed by atoms with Crippen LogP contribution in [0.4, 0.5) is 5.13 Å². The van der Waals surface area contributed by atoms with Crippen molar-refractivity contribution >= 4 is 51.7 Å². The van der Waals surface area contributed by atoms with E-state index >= 15 is 0 Å². The first-order chi connectivity index (χ1) is 23.7. The number of aromatic nitrogens is 1. The number of hydrogen-bond donors (Lipinski definition) is 2. The number of rotatable bonds is 11. The number of fused-ring (bicyclic) bond motifs is 2. The number of carboxylic acid groups (broad SMARTS) is 1. The summed E-state index contributed by atoms with van der Waals surface area (Å²) in [5.74, 6) is 2.95. The number of nitrogens with one attached hydrogen (secondary N) is 1. The lowest BCUT2D eigenvalue weighted by Crippen LogP contribution is -2.27. The number of thiazole rings is 1. The molecule has 1 atom stereocenters. The molecule has 10 nitrogen and oxygen atoms in total. The first-order valence-electron chi connectivity index (χ1n) is 16.0. The Bertz CT molecular complexity index is 1870. The van der Waals surface area contributed by atoms with Gasteiger partial charge in [-0.1, -0.05) is 41.9 Å². The molecule has 1 amide bonds. The van der Waals surface area contributed by atoms with Crippen molar-refractivity contribution in [2.45, 2.75) is 41.8 Å². The molecular weight excluding hydrogens is 686 g/mol. The number of benzene rings is 3. The lowest BCUT2D eigenvalue weighted by atomic mass is 9.94. The zero-order valence-electron chi connectivity index (χ0n) is 27.1. The predicted molar refractivity (Wildman–Crippen MR) is 190 cm³/mol. The van der Waals surface area contributed by atoms with E-state index in [9.17, 15) is 9.59 Å². The average molecular weight is 722 g/mol. The second kappa shape index (κ2) is 13.7. The third kappa shape index (κ3) is 6.92. The second-order valence-electron chi connectivity index (χ2n) is 12.7. The van der Waals surface area contributed by atoms with Crippen LogP contribution >= 0.6 is 34.7 Å². The van der Waals surface area contributed by atoms with Gasteiger partial charge in [-0.3, -0.25) is 9.59 Å². The maximum atomic E-state index is 13.3. The summed E-state index contributed by atoms with van der Waals surface area (Å²) in [6.45, 7) is 1.41. The number of hydrogen-bond acceptors (Lipinski definition) is 10. The topological polar surface area (TPSA) is 119 Å². The van der Waals surface area contributed by atoms with E-state index in [4.69, 9.17) is 35.7 Å². The van der Waals surface area contributed by atoms with Crippen molar-refractivity contribution in [3.63, 3.8) is 0 Å². The zero-order valence-corrected chi connectivity index (χ0v) is 29.5. The molecule has 13 heteroatoms. The number of halogens is 1. The van der Waals surface area contributed by atoms with Crippen molar-refractivity contribution in [1.29, 1.82) is 0 Å². The first kappa shape index (κ1) is 33.5. The predicted octanol–water partition coefficient (Wildman–Crippen LogP) is 7.11. The number of thioether (sulfide) groups is 1. The summed E-state index contributed by atoms with van der Waals surface area (Å²) in [6.07, 6.45) is 4.89. The van der Waals surface area contributed by atoms with E-state index in [1.54, 1.807) is 12.1 Å². The number of aliphatic carboxylic acids is 1. The van der Waals surface area contributed by atoms with E-state index in [0.717, 1.165) is 57.5 Å². The highest BCUT2D eigenvalue weighted by Gasteiger charge is 2.53. The molecule has 0 spiro atoms. The first-order valence-corrected chi connectivity index (χ1v) is 18.2. The van der Waals surface area contributed by atoms with Crippen molar-refractivity contribution in [2.24, 2.45) is 0 Å². The van der Waals surface area contributed by atoms with Crippen LogP contribution in [0.5, 0.6) is 23.0 Å². The summed E-state index contributed by atoms with van der Waals surface area (Å²) in [5.41, 5.74) is 1.64. The molecule has 0 radical (unpaired) electrons. The van der Waals surface area contributed by atoms with Crippen molar-refractivity contribution in [3.8, 4) is 23.0 Å². The fraction of sp³-hybridized carbons (Fsp3) is 0.361. The summed E-state index contributed by atoms with van der Waals surface area (Å²) in [4.78, 5) is 32.2. The molecule has 2 saturated carbocycles. The quantitative estimate of drug-likeness (QED) is 0.166. The molecule has 4 aliphatic rings. The van der Waals surface area contributed by atoms with Gasteiger partial charge >= 0.3 is 5.97 Å². The van der Waals surface area contributed by atoms with Crippen LogP contribution in [0.25, 0.3) is 0 Å². The van der Waals surface area contributed by atoms with Crippen LogP contribution < -0.4 is 24.3 Å². The second-order valence-corrected chi connectivity index (χ2v) is 15.4. The van der Waals surface area contributed by atoms with Gasteiger partial charge in [0, 0.05) is 28.4 Å². The minimum absolute atomic E-state index is 0.0261. The summed E-state index contributed by atoms with van der Waals surface area (Å²) >= 11 is 9.89. The Balaban J connectivity index is 0.000000209. The van der Waals surface area contributed by atoms with Gasteiger partial charge in [-0.25, -0.2) is 4.98 Å². The van der Waals surface area contributed by atoms with Gasteiger partial charge in [0.15, 0.2) is 28.1 Å². The number of carbonyl (C=O) groups is 2. The van der Waals surface area contributed by atoms with Gasteiger partial charge in [-0.2, -0.15) is 0 Å². The maximum Gasteiger partial charge on any atom is 0.314 e. The molecule has 3 aromatic carbocycles. The van der Waals surface area contributed by atoms with E-state index in [1.807, 2.05) is 60.4 Å². The maximum absolute atomic E-state index is 13.3. The molecule has 49 heavy (non-hydrogen) atoms. The highest BCUT2D eigenvalue weighted by molar-refractivity contribution is 7.99. The largest absolute Gasteiger partial charge is 0.481 e.